The van der Waals surface area contributed by atoms with Gasteiger partial charge in [0, 0.05) is 30.7 Å². The SMILES string of the molecule is O=C(c1ccsc1)N1CCC[C@]2(C[C@H](OCc3cccnc3)CO2)C1. The van der Waals surface area contributed by atoms with Crippen LogP contribution in [-0.2, 0) is 16.1 Å². The van der Waals surface area contributed by atoms with E-state index in [-0.39, 0.29) is 17.6 Å². The minimum absolute atomic E-state index is 0.0800. The number of thiophene rings is 1. The Labute approximate surface area is 151 Å². The highest BCUT2D eigenvalue weighted by Gasteiger charge is 2.45. The fourth-order valence-electron chi connectivity index (χ4n) is 3.73. The lowest BCUT2D eigenvalue weighted by Gasteiger charge is -2.39. The molecule has 0 aromatic carbocycles. The summed E-state index contributed by atoms with van der Waals surface area (Å²) in [6, 6.07) is 5.82. The zero-order valence-corrected chi connectivity index (χ0v) is 14.9. The Morgan fingerprint density at radius 2 is 2.44 bits per heavy atom. The van der Waals surface area contributed by atoms with Crippen molar-refractivity contribution in [3.8, 4) is 0 Å². The van der Waals surface area contributed by atoms with E-state index in [2.05, 4.69) is 4.98 Å². The molecule has 5 nitrogen and oxygen atoms in total. The number of hydrogen-bond acceptors (Lipinski definition) is 5. The largest absolute Gasteiger partial charge is 0.371 e. The second-order valence-corrected chi connectivity index (χ2v) is 7.61. The number of likely N-dealkylation sites (tertiary alicyclic amines) is 1. The summed E-state index contributed by atoms with van der Waals surface area (Å²) in [5.74, 6) is 0.114. The smallest absolute Gasteiger partial charge is 0.254 e. The highest BCUT2D eigenvalue weighted by molar-refractivity contribution is 7.08. The molecule has 132 valence electrons. The number of hydrogen-bond donors (Lipinski definition) is 0. The third kappa shape index (κ3) is 3.76. The maximum absolute atomic E-state index is 12.6. The molecule has 4 rings (SSSR count). The van der Waals surface area contributed by atoms with Gasteiger partial charge in [0.2, 0.25) is 0 Å². The number of nitrogens with zero attached hydrogens (tertiary/aromatic N) is 2. The number of carbonyl (C=O) groups excluding carboxylic acids is 1. The first kappa shape index (κ1) is 16.7. The molecule has 0 radical (unpaired) electrons. The number of rotatable bonds is 4. The molecule has 6 heteroatoms. The molecule has 2 aliphatic rings. The summed E-state index contributed by atoms with van der Waals surface area (Å²) >= 11 is 1.56. The van der Waals surface area contributed by atoms with Gasteiger partial charge in [-0.05, 0) is 35.9 Å². The highest BCUT2D eigenvalue weighted by atomic mass is 32.1. The van der Waals surface area contributed by atoms with E-state index in [4.69, 9.17) is 9.47 Å². The van der Waals surface area contributed by atoms with Crippen molar-refractivity contribution < 1.29 is 14.3 Å². The van der Waals surface area contributed by atoms with Gasteiger partial charge in [0.25, 0.3) is 5.91 Å². The molecule has 2 aromatic heterocycles. The molecule has 2 aliphatic heterocycles. The molecule has 1 amide bonds. The fraction of sp³-hybridized carbons (Fsp3) is 0.474. The Morgan fingerprint density at radius 3 is 3.24 bits per heavy atom. The minimum atomic E-state index is -0.246. The Bertz CT molecular complexity index is 707. The second kappa shape index (κ2) is 7.23. The topological polar surface area (TPSA) is 51.7 Å². The Hall–Kier alpha value is -1.76. The van der Waals surface area contributed by atoms with Crippen molar-refractivity contribution in [2.24, 2.45) is 0 Å². The van der Waals surface area contributed by atoms with Crippen LogP contribution in [0.2, 0.25) is 0 Å². The average Bonchev–Trinajstić information content (AvgIpc) is 3.31. The molecule has 0 saturated carbocycles. The van der Waals surface area contributed by atoms with Gasteiger partial charge in [0.15, 0.2) is 0 Å². The van der Waals surface area contributed by atoms with Crippen LogP contribution in [0.3, 0.4) is 0 Å². The van der Waals surface area contributed by atoms with Gasteiger partial charge in [0.05, 0.1) is 37.0 Å². The predicted molar refractivity (Wildman–Crippen MR) is 95.6 cm³/mol. The van der Waals surface area contributed by atoms with E-state index in [1.54, 1.807) is 17.5 Å². The summed E-state index contributed by atoms with van der Waals surface area (Å²) in [6.07, 6.45) is 6.49. The summed E-state index contributed by atoms with van der Waals surface area (Å²) in [6.45, 7) is 2.62. The summed E-state index contributed by atoms with van der Waals surface area (Å²) in [5.41, 5.74) is 1.61. The van der Waals surface area contributed by atoms with E-state index in [9.17, 15) is 4.79 Å². The van der Waals surface area contributed by atoms with Crippen molar-refractivity contribution in [1.82, 2.24) is 9.88 Å². The molecule has 2 saturated heterocycles. The molecule has 2 aromatic rings. The normalized spacial score (nSPS) is 26.2. The van der Waals surface area contributed by atoms with Crippen LogP contribution in [0.4, 0.5) is 0 Å². The monoisotopic (exact) mass is 358 g/mol. The third-order valence-electron chi connectivity index (χ3n) is 4.98. The standard InChI is InChI=1S/C19H22N2O3S/c22-18(16-4-8-25-13-16)21-7-2-5-19(14-21)9-17(12-24-19)23-11-15-3-1-6-20-10-15/h1,3-4,6,8,10,13,17H,2,5,7,9,11-12,14H2/t17-,19-/m0/s1. The van der Waals surface area contributed by atoms with Crippen molar-refractivity contribution in [3.63, 3.8) is 0 Å². The summed E-state index contributed by atoms with van der Waals surface area (Å²) < 4.78 is 12.2. The quantitative estimate of drug-likeness (QED) is 0.843. The van der Waals surface area contributed by atoms with Gasteiger partial charge in [-0.1, -0.05) is 6.07 Å². The Balaban J connectivity index is 1.35. The van der Waals surface area contributed by atoms with Gasteiger partial charge >= 0.3 is 0 Å². The van der Waals surface area contributed by atoms with E-state index < -0.39 is 0 Å². The average molecular weight is 358 g/mol. The van der Waals surface area contributed by atoms with E-state index in [0.29, 0.717) is 19.8 Å². The van der Waals surface area contributed by atoms with Crippen LogP contribution >= 0.6 is 11.3 Å². The van der Waals surface area contributed by atoms with Crippen LogP contribution in [0.25, 0.3) is 0 Å². The Kier molecular flexibility index (Phi) is 4.83. The number of piperidine rings is 1. The first-order chi connectivity index (χ1) is 12.2. The van der Waals surface area contributed by atoms with Crippen LogP contribution < -0.4 is 0 Å². The molecular formula is C19H22N2O3S. The van der Waals surface area contributed by atoms with Crippen molar-refractivity contribution in [1.29, 1.82) is 0 Å². The number of carbonyl (C=O) groups is 1. The number of aromatic nitrogens is 1. The second-order valence-electron chi connectivity index (χ2n) is 6.83. The van der Waals surface area contributed by atoms with Crippen molar-refractivity contribution in [3.05, 3.63) is 52.5 Å². The van der Waals surface area contributed by atoms with Crippen LogP contribution in [-0.4, -0.2) is 47.2 Å². The van der Waals surface area contributed by atoms with E-state index in [0.717, 1.165) is 36.9 Å². The van der Waals surface area contributed by atoms with E-state index >= 15 is 0 Å². The number of ether oxygens (including phenoxy) is 2. The maximum atomic E-state index is 12.6. The zero-order chi connectivity index (χ0) is 17.1. The molecule has 0 unspecified atom stereocenters. The lowest BCUT2D eigenvalue weighted by atomic mass is 9.89. The molecule has 0 bridgehead atoms. The van der Waals surface area contributed by atoms with Gasteiger partial charge in [-0.25, -0.2) is 0 Å². The molecule has 0 N–H and O–H groups in total. The third-order valence-corrected chi connectivity index (χ3v) is 5.66. The first-order valence-electron chi connectivity index (χ1n) is 8.70. The van der Waals surface area contributed by atoms with Crippen molar-refractivity contribution >= 4 is 17.2 Å². The number of pyridine rings is 1. The molecular weight excluding hydrogens is 336 g/mol. The molecule has 25 heavy (non-hydrogen) atoms. The van der Waals surface area contributed by atoms with Gasteiger partial charge in [-0.15, -0.1) is 0 Å². The predicted octanol–water partition coefficient (Wildman–Crippen LogP) is 3.12. The van der Waals surface area contributed by atoms with E-state index in [1.165, 1.54) is 0 Å². The summed E-state index contributed by atoms with van der Waals surface area (Å²) in [7, 11) is 0. The Morgan fingerprint density at radius 1 is 1.48 bits per heavy atom. The van der Waals surface area contributed by atoms with Gasteiger partial charge < -0.3 is 14.4 Å². The molecule has 2 fully saturated rings. The lowest BCUT2D eigenvalue weighted by molar-refractivity contribution is -0.0466. The van der Waals surface area contributed by atoms with Crippen LogP contribution in [0, 0.1) is 0 Å². The molecule has 1 spiro atoms. The fourth-order valence-corrected chi connectivity index (χ4v) is 4.36. The van der Waals surface area contributed by atoms with Crippen molar-refractivity contribution in [2.45, 2.75) is 37.6 Å². The lowest BCUT2D eigenvalue weighted by Crippen LogP contribution is -2.50. The molecule has 2 atom stereocenters. The summed E-state index contributed by atoms with van der Waals surface area (Å²) in [5, 5.41) is 3.86. The maximum Gasteiger partial charge on any atom is 0.254 e. The highest BCUT2D eigenvalue weighted by Crippen LogP contribution is 2.36. The first-order valence-corrected chi connectivity index (χ1v) is 9.64. The number of amides is 1. The van der Waals surface area contributed by atoms with Crippen LogP contribution in [0.5, 0.6) is 0 Å². The van der Waals surface area contributed by atoms with E-state index in [1.807, 2.05) is 40.1 Å². The zero-order valence-electron chi connectivity index (χ0n) is 14.1. The van der Waals surface area contributed by atoms with Crippen LogP contribution in [0.15, 0.2) is 41.4 Å². The van der Waals surface area contributed by atoms with Crippen LogP contribution in [0.1, 0.15) is 35.2 Å². The van der Waals surface area contributed by atoms with Gasteiger partial charge in [-0.3, -0.25) is 9.78 Å². The van der Waals surface area contributed by atoms with Gasteiger partial charge in [0.1, 0.15) is 0 Å². The minimum Gasteiger partial charge on any atom is -0.371 e. The van der Waals surface area contributed by atoms with Gasteiger partial charge in [-0.2, -0.15) is 11.3 Å². The molecule has 0 aliphatic carbocycles. The van der Waals surface area contributed by atoms with Crippen molar-refractivity contribution in [2.75, 3.05) is 19.7 Å². The molecule has 4 heterocycles. The summed E-state index contributed by atoms with van der Waals surface area (Å²) in [4.78, 5) is 18.7.